The van der Waals surface area contributed by atoms with E-state index in [1.807, 2.05) is 58.9 Å². The summed E-state index contributed by atoms with van der Waals surface area (Å²) in [7, 11) is 0. The van der Waals surface area contributed by atoms with Gasteiger partial charge in [-0.3, -0.25) is 62.5 Å². The quantitative estimate of drug-likeness (QED) is 0.0196. The van der Waals surface area contributed by atoms with Crippen molar-refractivity contribution in [2.24, 2.45) is 75.5 Å². The number of aromatic amines is 1. The first-order valence-corrected chi connectivity index (χ1v) is 38.1. The Morgan fingerprint density at radius 1 is 0.472 bits per heavy atom. The molecule has 12 amide bonds. The summed E-state index contributed by atoms with van der Waals surface area (Å²) in [5.41, 5.74) is 18.6. The van der Waals surface area contributed by atoms with E-state index in [0.717, 1.165) is 10.9 Å². The van der Waals surface area contributed by atoms with Crippen LogP contribution in [-0.4, -0.2) is 189 Å². The minimum absolute atomic E-state index is 0.00943. The lowest BCUT2D eigenvalue weighted by Crippen LogP contribution is -2.62. The van der Waals surface area contributed by atoms with Gasteiger partial charge in [0.1, 0.15) is 66.5 Å². The molecule has 0 radical (unpaired) electrons. The van der Waals surface area contributed by atoms with Crippen molar-refractivity contribution in [1.29, 1.82) is 0 Å². The molecule has 0 saturated heterocycles. The molecule has 2 unspecified atom stereocenters. The lowest BCUT2D eigenvalue weighted by molar-refractivity contribution is -0.137. The van der Waals surface area contributed by atoms with E-state index in [9.17, 15) is 62.6 Å². The zero-order chi connectivity index (χ0) is 80.9. The lowest BCUT2D eigenvalue weighted by Gasteiger charge is -2.32. The van der Waals surface area contributed by atoms with Crippen LogP contribution in [0.3, 0.4) is 0 Å². The number of aliphatic hydroxyl groups excluding tert-OH is 1. The van der Waals surface area contributed by atoms with E-state index >= 15 is 0 Å². The first kappa shape index (κ1) is 94.3. The number of aromatic nitrogens is 1. The molecule has 32 heteroatoms. The number of nitrogens with one attached hydrogen (secondary N) is 13. The number of alkyl halides is 2. The van der Waals surface area contributed by atoms with Crippen LogP contribution >= 0.6 is 23.2 Å². The molecule has 30 nitrogen and oxygen atoms in total. The van der Waals surface area contributed by atoms with Crippen LogP contribution in [0.4, 0.5) is 0 Å². The van der Waals surface area contributed by atoms with Crippen molar-refractivity contribution >= 4 is 111 Å². The van der Waals surface area contributed by atoms with E-state index in [2.05, 4.69) is 73.8 Å². The Morgan fingerprint density at radius 2 is 0.877 bits per heavy atom. The molecule has 0 aliphatic rings. The average Bonchev–Trinajstić information content (AvgIpc) is 1.60. The summed E-state index contributed by atoms with van der Waals surface area (Å²) in [6, 6.07) is -7.15. The number of guanidine groups is 1. The number of para-hydroxylation sites is 1. The summed E-state index contributed by atoms with van der Waals surface area (Å²) in [5.74, 6) is -12.7. The monoisotopic (exact) mass is 1530 g/mol. The average molecular weight is 1530 g/mol. The number of fused-ring (bicyclic) bond motifs is 1. The topological polar surface area (TPSA) is 476 Å². The Kier molecular flexibility index (Phi) is 40.7. The number of nitrogens with two attached hydrogens (primary N) is 3. The van der Waals surface area contributed by atoms with E-state index in [-0.39, 0.29) is 87.3 Å². The van der Waals surface area contributed by atoms with Crippen molar-refractivity contribution in [2.45, 2.75) is 273 Å². The van der Waals surface area contributed by atoms with Crippen molar-refractivity contribution in [2.75, 3.05) is 13.1 Å². The fraction of sp³-hybridized carbons (Fsp3) is 0.716. The summed E-state index contributed by atoms with van der Waals surface area (Å²) >= 11 is 13.0. The van der Waals surface area contributed by atoms with Gasteiger partial charge in [0.15, 0.2) is 5.96 Å². The molecule has 2 aromatic rings. The maximum absolute atomic E-state index is 14.8. The maximum Gasteiger partial charge on any atom is 0.243 e. The molecule has 0 fully saturated rings. The fourth-order valence-corrected chi connectivity index (χ4v) is 11.7. The van der Waals surface area contributed by atoms with Gasteiger partial charge in [0.05, 0.1) is 12.5 Å². The second kappa shape index (κ2) is 45.7. The molecule has 0 spiro atoms. The minimum atomic E-state index is -1.43. The van der Waals surface area contributed by atoms with Gasteiger partial charge in [-0.25, -0.2) is 0 Å². The predicted octanol–water partition coefficient (Wildman–Crippen LogP) is 2.62. The van der Waals surface area contributed by atoms with Gasteiger partial charge in [-0.2, -0.15) is 0 Å². The molecule has 0 bridgehead atoms. The number of hydrogen-bond donors (Lipinski definition) is 17. The van der Waals surface area contributed by atoms with Gasteiger partial charge in [0.25, 0.3) is 0 Å². The molecule has 600 valence electrons. The van der Waals surface area contributed by atoms with E-state index in [4.69, 9.17) is 40.4 Å². The molecule has 0 saturated carbocycles. The molecular weight excluding hydrogens is 1410 g/mol. The second-order valence-corrected chi connectivity index (χ2v) is 31.9. The number of carbonyl (C=O) groups excluding carboxylic acids is 12. The van der Waals surface area contributed by atoms with Crippen LogP contribution in [0.25, 0.3) is 10.9 Å². The molecule has 106 heavy (non-hydrogen) atoms. The molecule has 0 aliphatic heterocycles. The zero-order valence-electron chi connectivity index (χ0n) is 65.9. The van der Waals surface area contributed by atoms with Gasteiger partial charge < -0.3 is 91.1 Å². The Balaban J connectivity index is 2.49. The van der Waals surface area contributed by atoms with Gasteiger partial charge in [-0.1, -0.05) is 135 Å². The molecule has 0 aliphatic carbocycles. The van der Waals surface area contributed by atoms with E-state index in [1.54, 1.807) is 96.2 Å². The van der Waals surface area contributed by atoms with Crippen molar-refractivity contribution < 1.29 is 62.6 Å². The maximum atomic E-state index is 14.8. The van der Waals surface area contributed by atoms with Crippen LogP contribution in [0.2, 0.25) is 0 Å². The number of benzene rings is 1. The number of carbonyl (C=O) groups is 12. The first-order valence-electron chi connectivity index (χ1n) is 37.3. The Bertz CT molecular complexity index is 3250. The molecule has 1 heterocycles. The first-order chi connectivity index (χ1) is 49.4. The van der Waals surface area contributed by atoms with Crippen LogP contribution in [0, 0.1) is 53.3 Å². The largest absolute Gasteiger partial charge is 0.392 e. The summed E-state index contributed by atoms with van der Waals surface area (Å²) in [5, 5.41) is 42.7. The smallest absolute Gasteiger partial charge is 0.243 e. The van der Waals surface area contributed by atoms with Crippen LogP contribution in [-0.2, 0) is 64.0 Å². The molecule has 2 rings (SSSR count). The Morgan fingerprint density at radius 3 is 1.36 bits per heavy atom. The molecular formula is C74H127Cl2N17O13. The number of nitrogens with zero attached hydrogens (tertiary/aromatic N) is 1. The minimum Gasteiger partial charge on any atom is -0.392 e. The van der Waals surface area contributed by atoms with Gasteiger partial charge in [0, 0.05) is 65.2 Å². The Labute approximate surface area is 636 Å². The van der Waals surface area contributed by atoms with Gasteiger partial charge in [0.2, 0.25) is 70.9 Å². The third-order valence-electron chi connectivity index (χ3n) is 19.0. The Hall–Kier alpha value is -7.83. The third-order valence-corrected chi connectivity index (χ3v) is 19.8. The molecule has 20 N–H and O–H groups in total. The lowest BCUT2D eigenvalue weighted by atomic mass is 9.95. The highest BCUT2D eigenvalue weighted by atomic mass is 35.5. The van der Waals surface area contributed by atoms with Crippen molar-refractivity contribution in [3.05, 3.63) is 36.0 Å². The SMILES string of the molecule is CC[C@H](C)[C@H](NC(=O)[C@@H](Cc1c[nH]c2ccccc12)NC(=O)[C@@H](NC(=O)[C@H](C)NC(=O)[C@@H](CCCN=C(N)N)NC(=O)[C@@H](NC(=O)[C@@H](NC(=O)[C@@H](CC(C)C)NC(=O)[C@H](C)NC(=O)[C@@H](NC(=O)C[C@@H](O)C(C)C)[C@@H](C)C(C)Cl)[C@@H](C)C(C)Cl)C(C)C)C(C)C)C(=O)N[C@@H](CC(C)C)C(=O)N[C@H](CN)C(C)C. The molecule has 1 aromatic carbocycles. The summed E-state index contributed by atoms with van der Waals surface area (Å²) < 4.78 is 0. The fourth-order valence-electron chi connectivity index (χ4n) is 11.4. The van der Waals surface area contributed by atoms with Crippen LogP contribution in [0.15, 0.2) is 35.5 Å². The standard InChI is InChI=1S/C74H127Cl2N17O13/c1-21-41(14)60(71(104)86-52(29-35(2)3)66(99)88-55(33-77)37(6)7)92-68(101)54(31-48-34-81-50-26-23-22-25-49(48)50)87-70(103)58(39(10)11)90-64(97)47(20)82-65(98)51(27-24-28-80-74(78)79)84-69(102)59(40(12)13)91-73(106)62(43(16)45(18)76)93-67(100)53(30-36(4)5)85-63(96)46(19)83-72(105)61(42(15)44(17)75)89-57(95)32-56(94)38(8)9/h22-23,25-26,34-47,51-56,58-62,81,94H,21,24,27-33,77H2,1-20H3,(H,82,98)(H,83,105)(H,84,102)(H,85,96)(H,86,104)(H,87,103)(H,88,99)(H,89,95)(H,90,97)(H,91,106)(H,92,101)(H,93,100)(H4,78,79,80)/t41-,42-,43-,44?,45?,46-,47-,51+,52-,53+,54+,55+,56+,58-,59-,60-,61-,62-/m0/s1. The number of halogens is 2. The summed E-state index contributed by atoms with van der Waals surface area (Å²) in [6.45, 7) is 34.4. The highest BCUT2D eigenvalue weighted by Crippen LogP contribution is 2.23. The van der Waals surface area contributed by atoms with Crippen molar-refractivity contribution in [3.8, 4) is 0 Å². The number of H-pyrrole nitrogens is 1. The summed E-state index contributed by atoms with van der Waals surface area (Å²) in [4.78, 5) is 178. The highest BCUT2D eigenvalue weighted by Gasteiger charge is 2.40. The number of rotatable bonds is 46. The van der Waals surface area contributed by atoms with E-state index in [1.165, 1.54) is 13.8 Å². The van der Waals surface area contributed by atoms with Gasteiger partial charge in [-0.15, -0.1) is 23.2 Å². The molecule has 18 atom stereocenters. The van der Waals surface area contributed by atoms with E-state index < -0.39 is 184 Å². The predicted molar refractivity (Wildman–Crippen MR) is 413 cm³/mol. The summed E-state index contributed by atoms with van der Waals surface area (Å²) in [6.07, 6.45) is 1.18. The van der Waals surface area contributed by atoms with Crippen molar-refractivity contribution in [3.63, 3.8) is 0 Å². The number of hydrogen-bond acceptors (Lipinski definition) is 15. The zero-order valence-corrected chi connectivity index (χ0v) is 67.4. The number of aliphatic hydroxyl groups is 1. The number of amides is 12. The van der Waals surface area contributed by atoms with E-state index in [0.29, 0.717) is 12.0 Å². The molecule has 1 aromatic heterocycles. The normalized spacial score (nSPS) is 16.8. The second-order valence-electron chi connectivity index (χ2n) is 30.5. The van der Waals surface area contributed by atoms with Gasteiger partial charge >= 0.3 is 0 Å². The highest BCUT2D eigenvalue weighted by molar-refractivity contribution is 6.21. The third kappa shape index (κ3) is 31.2. The van der Waals surface area contributed by atoms with Crippen molar-refractivity contribution in [1.82, 2.24) is 68.8 Å². The number of aliphatic imine (C=N–C) groups is 1. The van der Waals surface area contributed by atoms with Crippen LogP contribution in [0.5, 0.6) is 0 Å². The van der Waals surface area contributed by atoms with Crippen LogP contribution in [0.1, 0.15) is 183 Å². The van der Waals surface area contributed by atoms with Crippen LogP contribution < -0.4 is 81.0 Å². The van der Waals surface area contributed by atoms with Gasteiger partial charge in [-0.05, 0) is 106 Å².